The van der Waals surface area contributed by atoms with Gasteiger partial charge in [0.2, 0.25) is 0 Å². The van der Waals surface area contributed by atoms with E-state index in [-0.39, 0.29) is 0 Å². The lowest BCUT2D eigenvalue weighted by Crippen LogP contribution is -2.20. The first-order valence-corrected chi connectivity index (χ1v) is 7.36. The Morgan fingerprint density at radius 1 is 1.00 bits per heavy atom. The normalized spacial score (nSPS) is 9.96. The minimum Gasteiger partial charge on any atom is -0.493 e. The third kappa shape index (κ3) is 4.63. The van der Waals surface area contributed by atoms with Crippen molar-refractivity contribution in [1.29, 1.82) is 0 Å². The third-order valence-electron chi connectivity index (χ3n) is 3.08. The molecule has 1 amide bonds. The van der Waals surface area contributed by atoms with Gasteiger partial charge in [-0.25, -0.2) is 4.79 Å². The molecule has 2 aromatic rings. The highest BCUT2D eigenvalue weighted by Crippen LogP contribution is 2.29. The molecule has 0 saturated carbocycles. The SMILES string of the molecule is COc1ccc(NC(=O)COC(=O)c2ccc(Cl)cc2)cc1OC. The van der Waals surface area contributed by atoms with Crippen molar-refractivity contribution < 1.29 is 23.8 Å². The van der Waals surface area contributed by atoms with E-state index in [0.717, 1.165) is 0 Å². The molecule has 2 aromatic carbocycles. The second-order valence-electron chi connectivity index (χ2n) is 4.70. The van der Waals surface area contributed by atoms with Crippen molar-refractivity contribution in [2.24, 2.45) is 0 Å². The summed E-state index contributed by atoms with van der Waals surface area (Å²) in [6, 6.07) is 11.1. The van der Waals surface area contributed by atoms with Crippen LogP contribution in [-0.2, 0) is 9.53 Å². The van der Waals surface area contributed by atoms with Gasteiger partial charge in [-0.05, 0) is 36.4 Å². The molecule has 0 saturated heterocycles. The van der Waals surface area contributed by atoms with Crippen LogP contribution in [0.1, 0.15) is 10.4 Å². The van der Waals surface area contributed by atoms with Gasteiger partial charge < -0.3 is 19.5 Å². The number of amides is 1. The van der Waals surface area contributed by atoms with Crippen LogP contribution in [0.4, 0.5) is 5.69 Å². The summed E-state index contributed by atoms with van der Waals surface area (Å²) in [6.45, 7) is -0.407. The van der Waals surface area contributed by atoms with Crippen molar-refractivity contribution in [2.45, 2.75) is 0 Å². The molecule has 7 heteroatoms. The molecule has 0 heterocycles. The summed E-state index contributed by atoms with van der Waals surface area (Å²) < 4.78 is 15.2. The second kappa shape index (κ2) is 8.21. The average Bonchev–Trinajstić information content (AvgIpc) is 2.60. The van der Waals surface area contributed by atoms with E-state index in [9.17, 15) is 9.59 Å². The Labute approximate surface area is 144 Å². The van der Waals surface area contributed by atoms with E-state index in [4.69, 9.17) is 25.8 Å². The van der Waals surface area contributed by atoms with Crippen molar-refractivity contribution >= 4 is 29.2 Å². The number of esters is 1. The smallest absolute Gasteiger partial charge is 0.338 e. The van der Waals surface area contributed by atoms with Crippen LogP contribution in [0, 0.1) is 0 Å². The number of halogens is 1. The summed E-state index contributed by atoms with van der Waals surface area (Å²) in [6.07, 6.45) is 0. The van der Waals surface area contributed by atoms with Crippen LogP contribution >= 0.6 is 11.6 Å². The van der Waals surface area contributed by atoms with Gasteiger partial charge in [0.1, 0.15) is 0 Å². The van der Waals surface area contributed by atoms with Crippen molar-refractivity contribution in [1.82, 2.24) is 0 Å². The molecule has 0 fully saturated rings. The van der Waals surface area contributed by atoms with Gasteiger partial charge in [-0.15, -0.1) is 0 Å². The number of carbonyl (C=O) groups excluding carboxylic acids is 2. The Morgan fingerprint density at radius 3 is 2.29 bits per heavy atom. The van der Waals surface area contributed by atoms with Gasteiger partial charge >= 0.3 is 5.97 Å². The van der Waals surface area contributed by atoms with E-state index in [1.165, 1.54) is 26.4 Å². The van der Waals surface area contributed by atoms with Crippen LogP contribution in [0.5, 0.6) is 11.5 Å². The van der Waals surface area contributed by atoms with E-state index in [1.54, 1.807) is 30.3 Å². The van der Waals surface area contributed by atoms with Gasteiger partial charge in [0.15, 0.2) is 18.1 Å². The second-order valence-corrected chi connectivity index (χ2v) is 5.14. The molecule has 0 bridgehead atoms. The maximum absolute atomic E-state index is 11.9. The van der Waals surface area contributed by atoms with Gasteiger partial charge in [-0.2, -0.15) is 0 Å². The number of benzene rings is 2. The van der Waals surface area contributed by atoms with Crippen LogP contribution in [0.15, 0.2) is 42.5 Å². The molecule has 0 aliphatic heterocycles. The Hall–Kier alpha value is -2.73. The van der Waals surface area contributed by atoms with Crippen LogP contribution in [0.2, 0.25) is 5.02 Å². The third-order valence-corrected chi connectivity index (χ3v) is 3.33. The molecule has 0 spiro atoms. The molecule has 2 rings (SSSR count). The highest BCUT2D eigenvalue weighted by molar-refractivity contribution is 6.30. The summed E-state index contributed by atoms with van der Waals surface area (Å²) in [5, 5.41) is 3.12. The number of rotatable bonds is 6. The van der Waals surface area contributed by atoms with Gasteiger partial charge in [-0.1, -0.05) is 11.6 Å². The van der Waals surface area contributed by atoms with Crippen molar-refractivity contribution in [2.75, 3.05) is 26.1 Å². The zero-order valence-electron chi connectivity index (χ0n) is 13.2. The number of hydrogen-bond acceptors (Lipinski definition) is 5. The number of ether oxygens (including phenoxy) is 3. The molecule has 0 unspecified atom stereocenters. The Kier molecular flexibility index (Phi) is 6.03. The maximum atomic E-state index is 11.9. The number of methoxy groups -OCH3 is 2. The fraction of sp³-hybridized carbons (Fsp3) is 0.176. The number of nitrogens with one attached hydrogen (secondary N) is 1. The van der Waals surface area contributed by atoms with Gasteiger partial charge in [0.05, 0.1) is 19.8 Å². The predicted octanol–water partition coefficient (Wildman–Crippen LogP) is 3.15. The molecule has 126 valence electrons. The molecular formula is C17H16ClNO5. The standard InChI is InChI=1S/C17H16ClNO5/c1-22-14-8-7-13(9-15(14)23-2)19-16(20)10-24-17(21)11-3-5-12(18)6-4-11/h3-9H,10H2,1-2H3,(H,19,20). The minimum atomic E-state index is -0.603. The molecule has 0 aliphatic carbocycles. The summed E-state index contributed by atoms with van der Waals surface area (Å²) in [4.78, 5) is 23.7. The number of anilines is 1. The monoisotopic (exact) mass is 349 g/mol. The van der Waals surface area contributed by atoms with Crippen molar-refractivity contribution in [3.8, 4) is 11.5 Å². The minimum absolute atomic E-state index is 0.318. The first-order chi connectivity index (χ1) is 11.5. The van der Waals surface area contributed by atoms with E-state index < -0.39 is 18.5 Å². The van der Waals surface area contributed by atoms with E-state index in [0.29, 0.717) is 27.8 Å². The molecular weight excluding hydrogens is 334 g/mol. The highest BCUT2D eigenvalue weighted by atomic mass is 35.5. The molecule has 0 aromatic heterocycles. The largest absolute Gasteiger partial charge is 0.493 e. The summed E-state index contributed by atoms with van der Waals surface area (Å²) in [7, 11) is 3.02. The van der Waals surface area contributed by atoms with Crippen LogP contribution < -0.4 is 14.8 Å². The predicted molar refractivity (Wildman–Crippen MR) is 89.9 cm³/mol. The maximum Gasteiger partial charge on any atom is 0.338 e. The van der Waals surface area contributed by atoms with Crippen molar-refractivity contribution in [3.05, 3.63) is 53.1 Å². The quantitative estimate of drug-likeness (QED) is 0.811. The molecule has 1 N–H and O–H groups in total. The van der Waals surface area contributed by atoms with Gasteiger partial charge in [0, 0.05) is 16.8 Å². The molecule has 0 atom stereocenters. The van der Waals surface area contributed by atoms with E-state index in [1.807, 2.05) is 0 Å². The molecule has 0 aliphatic rings. The summed E-state index contributed by atoms with van der Waals surface area (Å²) >= 11 is 5.75. The van der Waals surface area contributed by atoms with Crippen LogP contribution in [0.3, 0.4) is 0 Å². The first-order valence-electron chi connectivity index (χ1n) is 6.98. The lowest BCUT2D eigenvalue weighted by atomic mass is 10.2. The van der Waals surface area contributed by atoms with Crippen molar-refractivity contribution in [3.63, 3.8) is 0 Å². The highest BCUT2D eigenvalue weighted by Gasteiger charge is 2.11. The summed E-state index contributed by atoms with van der Waals surface area (Å²) in [5.74, 6) is -0.0446. The number of hydrogen-bond donors (Lipinski definition) is 1. The Bertz CT molecular complexity index is 730. The average molecular weight is 350 g/mol. The molecule has 6 nitrogen and oxygen atoms in total. The fourth-order valence-electron chi connectivity index (χ4n) is 1.91. The topological polar surface area (TPSA) is 73.9 Å². The lowest BCUT2D eigenvalue weighted by Gasteiger charge is -2.10. The Balaban J connectivity index is 1.91. The van der Waals surface area contributed by atoms with Crippen LogP contribution in [0.25, 0.3) is 0 Å². The molecule has 24 heavy (non-hydrogen) atoms. The zero-order valence-corrected chi connectivity index (χ0v) is 13.9. The lowest BCUT2D eigenvalue weighted by molar-refractivity contribution is -0.119. The van der Waals surface area contributed by atoms with Crippen LogP contribution in [-0.4, -0.2) is 32.7 Å². The van der Waals surface area contributed by atoms with E-state index >= 15 is 0 Å². The fourth-order valence-corrected chi connectivity index (χ4v) is 2.04. The van der Waals surface area contributed by atoms with E-state index in [2.05, 4.69) is 5.32 Å². The summed E-state index contributed by atoms with van der Waals surface area (Å²) in [5.41, 5.74) is 0.818. The number of carbonyl (C=O) groups is 2. The zero-order chi connectivity index (χ0) is 17.5. The Morgan fingerprint density at radius 2 is 1.67 bits per heavy atom. The molecule has 0 radical (unpaired) electrons. The van der Waals surface area contributed by atoms with Gasteiger partial charge in [0.25, 0.3) is 5.91 Å². The first kappa shape index (κ1) is 17.6. The van der Waals surface area contributed by atoms with Gasteiger partial charge in [-0.3, -0.25) is 4.79 Å².